The highest BCUT2D eigenvalue weighted by Crippen LogP contribution is 2.31. The number of anilines is 1. The average Bonchev–Trinajstić information content (AvgIpc) is 2.67. The fourth-order valence-corrected chi connectivity index (χ4v) is 2.05. The first-order valence-corrected chi connectivity index (χ1v) is 5.95. The molecule has 0 amide bonds. The number of aromatic nitrogens is 2. The van der Waals surface area contributed by atoms with E-state index in [4.69, 9.17) is 15.6 Å². The summed E-state index contributed by atoms with van der Waals surface area (Å²) in [6, 6.07) is 0. The molecule has 2 rings (SSSR count). The smallest absolute Gasteiger partial charge is 0.351 e. The lowest BCUT2D eigenvalue weighted by Crippen LogP contribution is -2.34. The second-order valence-electron chi connectivity index (χ2n) is 4.38. The van der Waals surface area contributed by atoms with Crippen molar-refractivity contribution in [1.82, 2.24) is 9.55 Å². The molecule has 0 aromatic carbocycles. The first kappa shape index (κ1) is 13.9. The van der Waals surface area contributed by atoms with Crippen molar-refractivity contribution in [2.24, 2.45) is 0 Å². The van der Waals surface area contributed by atoms with Crippen LogP contribution < -0.4 is 11.4 Å². The van der Waals surface area contributed by atoms with Gasteiger partial charge in [0.15, 0.2) is 12.4 Å². The van der Waals surface area contributed by atoms with E-state index in [1.807, 2.05) is 6.92 Å². The molecule has 0 aliphatic carbocycles. The number of nitrogen functional groups attached to an aromatic ring is 1. The van der Waals surface area contributed by atoms with Gasteiger partial charge in [0.1, 0.15) is 18.0 Å². The van der Waals surface area contributed by atoms with Crippen LogP contribution in [0.2, 0.25) is 0 Å². The Morgan fingerprint density at radius 3 is 2.84 bits per heavy atom. The summed E-state index contributed by atoms with van der Waals surface area (Å²) < 4.78 is 20.0. The van der Waals surface area contributed by atoms with Crippen LogP contribution >= 0.6 is 0 Å². The fourth-order valence-electron chi connectivity index (χ4n) is 2.05. The highest BCUT2D eigenvalue weighted by molar-refractivity contribution is 5.36. The Hall–Kier alpha value is -1.51. The SMILES string of the molecule is CCc1cn([C@@H]2O[C@H](CO)[C@@H](O)[C@@H]2F)c(=O)nc1N. The normalized spacial score (nSPS) is 30.7. The summed E-state index contributed by atoms with van der Waals surface area (Å²) in [4.78, 5) is 15.3. The average molecular weight is 273 g/mol. The van der Waals surface area contributed by atoms with Crippen molar-refractivity contribution < 1.29 is 19.3 Å². The highest BCUT2D eigenvalue weighted by Gasteiger charge is 2.45. The molecule has 0 spiro atoms. The van der Waals surface area contributed by atoms with Crippen molar-refractivity contribution in [2.75, 3.05) is 12.3 Å². The predicted molar refractivity (Wildman–Crippen MR) is 64.2 cm³/mol. The zero-order chi connectivity index (χ0) is 14.2. The number of hydrogen-bond acceptors (Lipinski definition) is 6. The molecule has 1 aromatic rings. The summed E-state index contributed by atoms with van der Waals surface area (Å²) in [5.41, 5.74) is 5.39. The Morgan fingerprint density at radius 1 is 1.63 bits per heavy atom. The molecule has 0 radical (unpaired) electrons. The van der Waals surface area contributed by atoms with E-state index < -0.39 is 36.9 Å². The molecule has 2 heterocycles. The zero-order valence-corrected chi connectivity index (χ0v) is 10.4. The molecule has 0 saturated carbocycles. The summed E-state index contributed by atoms with van der Waals surface area (Å²) >= 11 is 0. The van der Waals surface area contributed by atoms with Gasteiger partial charge in [-0.2, -0.15) is 4.98 Å². The first-order valence-electron chi connectivity index (χ1n) is 5.95. The molecule has 1 fully saturated rings. The lowest BCUT2D eigenvalue weighted by Gasteiger charge is -2.17. The summed E-state index contributed by atoms with van der Waals surface area (Å²) in [6.07, 6.45) is -3.77. The molecule has 106 valence electrons. The number of nitrogens with two attached hydrogens (primary N) is 1. The number of aliphatic hydroxyl groups is 2. The molecule has 4 N–H and O–H groups in total. The lowest BCUT2D eigenvalue weighted by molar-refractivity contribution is -0.0491. The third kappa shape index (κ3) is 2.34. The molecular formula is C11H16FN3O4. The van der Waals surface area contributed by atoms with Gasteiger partial charge in [0.05, 0.1) is 6.61 Å². The van der Waals surface area contributed by atoms with Gasteiger partial charge >= 0.3 is 5.69 Å². The Labute approximate surface area is 108 Å². The number of nitrogens with zero attached hydrogens (tertiary/aromatic N) is 2. The molecule has 1 saturated heterocycles. The molecule has 1 aromatic heterocycles. The molecule has 19 heavy (non-hydrogen) atoms. The van der Waals surface area contributed by atoms with Crippen molar-refractivity contribution in [2.45, 2.75) is 38.0 Å². The van der Waals surface area contributed by atoms with E-state index in [9.17, 15) is 14.3 Å². The Balaban J connectivity index is 2.40. The van der Waals surface area contributed by atoms with Crippen LogP contribution in [0.4, 0.5) is 10.2 Å². The minimum Gasteiger partial charge on any atom is -0.394 e. The Morgan fingerprint density at radius 2 is 2.32 bits per heavy atom. The van der Waals surface area contributed by atoms with E-state index in [1.54, 1.807) is 0 Å². The molecule has 4 atom stereocenters. The number of aryl methyl sites for hydroxylation is 1. The van der Waals surface area contributed by atoms with Gasteiger partial charge in [-0.25, -0.2) is 9.18 Å². The Kier molecular flexibility index (Phi) is 3.83. The van der Waals surface area contributed by atoms with E-state index in [1.165, 1.54) is 6.20 Å². The standard InChI is InChI=1S/C11H16FN3O4/c1-2-5-3-15(11(18)14-9(5)13)10-7(12)8(17)6(4-16)19-10/h3,6-8,10,16-17H,2,4H2,1H3,(H2,13,14,18)/t6-,7+,8-,10-/m1/s1. The Bertz CT molecular complexity index is 521. The first-order chi connectivity index (χ1) is 8.99. The number of aliphatic hydroxyl groups excluding tert-OH is 2. The van der Waals surface area contributed by atoms with Crippen molar-refractivity contribution in [1.29, 1.82) is 0 Å². The molecular weight excluding hydrogens is 257 g/mol. The van der Waals surface area contributed by atoms with Gasteiger partial charge in [-0.05, 0) is 6.42 Å². The molecule has 1 aliphatic heterocycles. The zero-order valence-electron chi connectivity index (χ0n) is 10.4. The molecule has 7 nitrogen and oxygen atoms in total. The van der Waals surface area contributed by atoms with Crippen LogP contribution in [-0.2, 0) is 11.2 Å². The van der Waals surface area contributed by atoms with Crippen LogP contribution in [0.15, 0.2) is 11.0 Å². The minimum atomic E-state index is -1.81. The van der Waals surface area contributed by atoms with E-state index in [0.29, 0.717) is 12.0 Å². The third-order valence-electron chi connectivity index (χ3n) is 3.19. The van der Waals surface area contributed by atoms with Gasteiger partial charge in [-0.3, -0.25) is 4.57 Å². The maximum Gasteiger partial charge on any atom is 0.351 e. The quantitative estimate of drug-likeness (QED) is 0.650. The predicted octanol–water partition coefficient (Wildman–Crippen LogP) is -1.02. The molecule has 0 bridgehead atoms. The highest BCUT2D eigenvalue weighted by atomic mass is 19.1. The maximum absolute atomic E-state index is 13.9. The van der Waals surface area contributed by atoms with Gasteiger partial charge in [0.2, 0.25) is 0 Å². The van der Waals surface area contributed by atoms with Gasteiger partial charge in [0.25, 0.3) is 0 Å². The van der Waals surface area contributed by atoms with Crippen LogP contribution in [0.25, 0.3) is 0 Å². The summed E-state index contributed by atoms with van der Waals surface area (Å²) in [5.74, 6) is 0.0939. The summed E-state index contributed by atoms with van der Waals surface area (Å²) in [6.45, 7) is 1.28. The minimum absolute atomic E-state index is 0.0939. The topological polar surface area (TPSA) is 111 Å². The molecule has 8 heteroatoms. The van der Waals surface area contributed by atoms with Gasteiger partial charge in [-0.15, -0.1) is 0 Å². The van der Waals surface area contributed by atoms with E-state index in [-0.39, 0.29) is 5.82 Å². The number of alkyl halides is 1. The van der Waals surface area contributed by atoms with Crippen molar-refractivity contribution in [3.63, 3.8) is 0 Å². The van der Waals surface area contributed by atoms with Crippen molar-refractivity contribution in [3.8, 4) is 0 Å². The largest absolute Gasteiger partial charge is 0.394 e. The number of rotatable bonds is 3. The summed E-state index contributed by atoms with van der Waals surface area (Å²) in [7, 11) is 0. The van der Waals surface area contributed by atoms with Crippen molar-refractivity contribution in [3.05, 3.63) is 22.2 Å². The second kappa shape index (κ2) is 5.24. The van der Waals surface area contributed by atoms with E-state index in [0.717, 1.165) is 4.57 Å². The number of halogens is 1. The van der Waals surface area contributed by atoms with Gasteiger partial charge in [-0.1, -0.05) is 6.92 Å². The van der Waals surface area contributed by atoms with Gasteiger partial charge < -0.3 is 20.7 Å². The number of ether oxygens (including phenoxy) is 1. The van der Waals surface area contributed by atoms with Gasteiger partial charge in [0, 0.05) is 11.8 Å². The monoisotopic (exact) mass is 273 g/mol. The van der Waals surface area contributed by atoms with Crippen LogP contribution in [0, 0.1) is 0 Å². The van der Waals surface area contributed by atoms with Crippen LogP contribution in [0.5, 0.6) is 0 Å². The summed E-state index contributed by atoms with van der Waals surface area (Å²) in [5, 5.41) is 18.5. The van der Waals surface area contributed by atoms with E-state index in [2.05, 4.69) is 4.98 Å². The molecule has 1 aliphatic rings. The maximum atomic E-state index is 13.9. The van der Waals surface area contributed by atoms with Crippen LogP contribution in [-0.4, -0.2) is 44.8 Å². The van der Waals surface area contributed by atoms with E-state index >= 15 is 0 Å². The number of hydrogen-bond donors (Lipinski definition) is 3. The van der Waals surface area contributed by atoms with Crippen LogP contribution in [0.3, 0.4) is 0 Å². The lowest BCUT2D eigenvalue weighted by atomic mass is 10.1. The third-order valence-corrected chi connectivity index (χ3v) is 3.19. The fraction of sp³-hybridized carbons (Fsp3) is 0.636. The van der Waals surface area contributed by atoms with Crippen molar-refractivity contribution >= 4 is 5.82 Å². The second-order valence-corrected chi connectivity index (χ2v) is 4.38. The van der Waals surface area contributed by atoms with Crippen LogP contribution in [0.1, 0.15) is 18.7 Å². The molecule has 0 unspecified atom stereocenters.